The molecule has 0 amide bonds. The van der Waals surface area contributed by atoms with Gasteiger partial charge in [0.05, 0.1) is 0 Å². The van der Waals surface area contributed by atoms with Crippen molar-refractivity contribution in [2.45, 2.75) is 132 Å². The zero-order chi connectivity index (χ0) is 25.7. The molecule has 8 aliphatic carbocycles. The van der Waals surface area contributed by atoms with Gasteiger partial charge in [-0.25, -0.2) is 0 Å². The number of rotatable bonds is 0. The van der Waals surface area contributed by atoms with Crippen LogP contribution in [0, 0.1) is 94.7 Å². The first-order valence-electron chi connectivity index (χ1n) is 16.5. The number of hydrogen-bond acceptors (Lipinski definition) is 0. The first-order valence-corrected chi connectivity index (χ1v) is 16.5. The Hall–Kier alpha value is 0.532. The minimum absolute atomic E-state index is 0. The molecule has 0 radical (unpaired) electrons. The Kier molecular flexibility index (Phi) is 10.4. The first-order chi connectivity index (χ1) is 17.2. The number of hydrogen-bond donors (Lipinski definition) is 0. The van der Waals surface area contributed by atoms with Gasteiger partial charge < -0.3 is 23.7 Å². The summed E-state index contributed by atoms with van der Waals surface area (Å²) in [6.07, 6.45) is 17.6. The molecule has 0 aromatic carbocycles. The standard InChI is InChI=1S/4C9H15.Cr/c4*1-6-5-8-3-4-9(6)7(8)2;/h4*6-7,9H,3-5H2,1-2H3;/q4*-1;+4. The molecule has 12 unspecified atom stereocenters. The Labute approximate surface area is 243 Å². The van der Waals surface area contributed by atoms with Crippen LogP contribution in [0.15, 0.2) is 0 Å². The molecule has 0 spiro atoms. The second-order valence-electron chi connectivity index (χ2n) is 15.3. The smallest absolute Gasteiger partial charge is 0.310 e. The van der Waals surface area contributed by atoms with Crippen molar-refractivity contribution >= 4 is 0 Å². The minimum atomic E-state index is 0. The molecule has 8 rings (SSSR count). The Morgan fingerprint density at radius 3 is 0.595 bits per heavy atom. The summed E-state index contributed by atoms with van der Waals surface area (Å²) in [6.45, 7) is 19.3. The van der Waals surface area contributed by atoms with Crippen LogP contribution in [-0.4, -0.2) is 0 Å². The first kappa shape index (κ1) is 30.5. The molecule has 8 bridgehead atoms. The van der Waals surface area contributed by atoms with Crippen molar-refractivity contribution in [3.63, 3.8) is 0 Å². The van der Waals surface area contributed by atoms with Gasteiger partial charge in [0.25, 0.3) is 0 Å². The topological polar surface area (TPSA) is 0 Å². The molecular formula is C36H60Cr. The third kappa shape index (κ3) is 6.10. The van der Waals surface area contributed by atoms with Crippen LogP contribution in [0.2, 0.25) is 0 Å². The third-order valence-corrected chi connectivity index (χ3v) is 13.6. The molecule has 8 fully saturated rings. The Bertz CT molecular complexity index is 595. The molecule has 0 aromatic rings. The second kappa shape index (κ2) is 12.6. The normalized spacial score (nSPS) is 49.3. The molecule has 0 aliphatic heterocycles. The van der Waals surface area contributed by atoms with E-state index in [2.05, 4.69) is 55.4 Å². The second-order valence-corrected chi connectivity index (χ2v) is 15.3. The van der Waals surface area contributed by atoms with E-state index in [1.54, 1.807) is 0 Å². The summed E-state index contributed by atoms with van der Waals surface area (Å²) in [7, 11) is 0. The Morgan fingerprint density at radius 2 is 0.541 bits per heavy atom. The fraction of sp³-hybridized carbons (Fsp3) is 0.889. The van der Waals surface area contributed by atoms with Crippen molar-refractivity contribution < 1.29 is 17.4 Å². The monoisotopic (exact) mass is 544 g/mol. The van der Waals surface area contributed by atoms with Crippen LogP contribution >= 0.6 is 0 Å². The van der Waals surface area contributed by atoms with Gasteiger partial charge in [0.15, 0.2) is 0 Å². The van der Waals surface area contributed by atoms with E-state index in [1.807, 2.05) is 23.7 Å². The predicted molar refractivity (Wildman–Crippen MR) is 156 cm³/mol. The summed E-state index contributed by atoms with van der Waals surface area (Å²) in [4.78, 5) is 0. The summed E-state index contributed by atoms with van der Waals surface area (Å²) in [5.41, 5.74) is 0. The molecular weight excluding hydrogens is 484 g/mol. The quantitative estimate of drug-likeness (QED) is 0.266. The molecule has 0 aromatic heterocycles. The minimum Gasteiger partial charge on any atom is -0.310 e. The van der Waals surface area contributed by atoms with Crippen LogP contribution in [0.4, 0.5) is 0 Å². The van der Waals surface area contributed by atoms with Gasteiger partial charge in [0.2, 0.25) is 0 Å². The summed E-state index contributed by atoms with van der Waals surface area (Å²) >= 11 is 0. The average Bonchev–Trinajstić information content (AvgIpc) is 3.73. The van der Waals surface area contributed by atoms with Gasteiger partial charge in [-0.1, -0.05) is 128 Å². The maximum absolute atomic E-state index is 2.41. The van der Waals surface area contributed by atoms with E-state index in [-0.39, 0.29) is 17.4 Å². The van der Waals surface area contributed by atoms with Crippen LogP contribution in [-0.2, 0) is 17.4 Å². The molecule has 0 saturated heterocycles. The van der Waals surface area contributed by atoms with Gasteiger partial charge in [-0.05, 0) is 0 Å². The van der Waals surface area contributed by atoms with E-state index < -0.39 is 0 Å². The van der Waals surface area contributed by atoms with Gasteiger partial charge >= 0.3 is 17.4 Å². The molecule has 0 nitrogen and oxygen atoms in total. The maximum atomic E-state index is 2.41. The van der Waals surface area contributed by atoms with Crippen molar-refractivity contribution in [2.75, 3.05) is 0 Å². The molecule has 0 heterocycles. The summed E-state index contributed by atoms with van der Waals surface area (Å²) in [6, 6.07) is 0. The molecule has 0 N–H and O–H groups in total. The van der Waals surface area contributed by atoms with Crippen LogP contribution in [0.3, 0.4) is 0 Å². The fourth-order valence-corrected chi connectivity index (χ4v) is 11.1. The van der Waals surface area contributed by atoms with Crippen LogP contribution in [0.5, 0.6) is 0 Å². The van der Waals surface area contributed by atoms with Crippen LogP contribution in [0.1, 0.15) is 132 Å². The molecule has 1 heteroatoms. The third-order valence-electron chi connectivity index (χ3n) is 13.6. The zero-order valence-corrected chi connectivity index (χ0v) is 27.1. The summed E-state index contributed by atoms with van der Waals surface area (Å²) in [5, 5.41) is 0. The van der Waals surface area contributed by atoms with E-state index >= 15 is 0 Å². The van der Waals surface area contributed by atoms with E-state index in [0.29, 0.717) is 0 Å². The molecule has 37 heavy (non-hydrogen) atoms. The van der Waals surface area contributed by atoms with Gasteiger partial charge in [-0.2, -0.15) is 75.0 Å². The van der Waals surface area contributed by atoms with Crippen LogP contribution < -0.4 is 0 Å². The maximum Gasteiger partial charge on any atom is 4.00 e. The van der Waals surface area contributed by atoms with Crippen molar-refractivity contribution in [2.24, 2.45) is 71.0 Å². The van der Waals surface area contributed by atoms with Crippen molar-refractivity contribution in [3.05, 3.63) is 23.7 Å². The van der Waals surface area contributed by atoms with Crippen LogP contribution in [0.25, 0.3) is 0 Å². The summed E-state index contributed by atoms with van der Waals surface area (Å²) < 4.78 is 0. The van der Waals surface area contributed by atoms with Gasteiger partial charge in [0, 0.05) is 0 Å². The predicted octanol–water partition coefficient (Wildman–Crippen LogP) is 10.6. The van der Waals surface area contributed by atoms with E-state index in [4.69, 9.17) is 0 Å². The van der Waals surface area contributed by atoms with Gasteiger partial charge in [0.1, 0.15) is 0 Å². The molecule has 12 atom stereocenters. The zero-order valence-electron chi connectivity index (χ0n) is 25.8. The SMILES string of the molecule is CC1C[C-]2CCC1C2C.CC1C[C-]2CCC1C2C.CC1C[C-]2CCC1C2C.CC1C[C-]2CCC1C2C.[Cr+4]. The molecule has 210 valence electrons. The van der Waals surface area contributed by atoms with Crippen molar-refractivity contribution in [1.29, 1.82) is 0 Å². The van der Waals surface area contributed by atoms with E-state index in [0.717, 1.165) is 71.0 Å². The average molecular weight is 545 g/mol. The Balaban J connectivity index is 0.000000114. The molecule has 8 aliphatic rings. The number of fused-ring (bicyclic) bond motifs is 8. The van der Waals surface area contributed by atoms with Gasteiger partial charge in [-0.15, -0.1) is 0 Å². The van der Waals surface area contributed by atoms with E-state index in [1.165, 1.54) is 77.0 Å². The Morgan fingerprint density at radius 1 is 0.351 bits per heavy atom. The fourth-order valence-electron chi connectivity index (χ4n) is 11.1. The molecule has 8 saturated carbocycles. The van der Waals surface area contributed by atoms with Crippen molar-refractivity contribution in [1.82, 2.24) is 0 Å². The van der Waals surface area contributed by atoms with Gasteiger partial charge in [-0.3, -0.25) is 0 Å². The summed E-state index contributed by atoms with van der Waals surface area (Å²) in [5.74, 6) is 19.8. The van der Waals surface area contributed by atoms with E-state index in [9.17, 15) is 0 Å². The van der Waals surface area contributed by atoms with Crippen molar-refractivity contribution in [3.8, 4) is 0 Å². The largest absolute Gasteiger partial charge is 4.00 e.